The van der Waals surface area contributed by atoms with Crippen LogP contribution in [0.3, 0.4) is 0 Å². The second-order valence-electron chi connectivity index (χ2n) is 4.62. The maximum Gasteiger partial charge on any atom is 0.195 e. The second kappa shape index (κ2) is 5.89. The Hall–Kier alpha value is -1.26. The first-order valence-electron chi connectivity index (χ1n) is 6.16. The highest BCUT2D eigenvalue weighted by Gasteiger charge is 2.21. The monoisotopic (exact) mass is 233 g/mol. The summed E-state index contributed by atoms with van der Waals surface area (Å²) < 4.78 is 0. The van der Waals surface area contributed by atoms with Crippen molar-refractivity contribution < 1.29 is 4.79 Å². The third-order valence-corrected chi connectivity index (χ3v) is 3.25. The molecule has 0 saturated carbocycles. The molecule has 1 unspecified atom stereocenters. The molecule has 0 spiro atoms. The Morgan fingerprint density at radius 3 is 3.12 bits per heavy atom. The number of piperidine rings is 1. The van der Waals surface area contributed by atoms with Crippen LogP contribution in [0.15, 0.2) is 24.4 Å². The number of aromatic nitrogens is 1. The number of hydrogen-bond acceptors (Lipinski definition) is 4. The lowest BCUT2D eigenvalue weighted by Crippen LogP contribution is -2.41. The van der Waals surface area contributed by atoms with Gasteiger partial charge in [0.1, 0.15) is 5.69 Å². The predicted octanol–water partition coefficient (Wildman–Crippen LogP) is 0.935. The number of Topliss-reactive ketones (excluding diaryl/α,β-unsaturated/α-hetero) is 1. The van der Waals surface area contributed by atoms with Crippen LogP contribution in [-0.2, 0) is 0 Å². The lowest BCUT2D eigenvalue weighted by molar-refractivity contribution is 0.0884. The minimum atomic E-state index is 0.100. The number of carbonyl (C=O) groups is 1. The van der Waals surface area contributed by atoms with Crippen molar-refractivity contribution in [2.24, 2.45) is 11.7 Å². The molecule has 1 fully saturated rings. The van der Waals surface area contributed by atoms with Crippen molar-refractivity contribution in [2.45, 2.75) is 12.8 Å². The SMILES string of the molecule is NCC1CCCN(CC(=O)c2ccccn2)C1. The van der Waals surface area contributed by atoms with Crippen LogP contribution in [0, 0.1) is 5.92 Å². The lowest BCUT2D eigenvalue weighted by atomic mass is 9.98. The normalized spacial score (nSPS) is 21.4. The van der Waals surface area contributed by atoms with Crippen LogP contribution in [-0.4, -0.2) is 41.8 Å². The van der Waals surface area contributed by atoms with Gasteiger partial charge in [-0.25, -0.2) is 0 Å². The number of rotatable bonds is 4. The van der Waals surface area contributed by atoms with E-state index in [1.165, 1.54) is 6.42 Å². The van der Waals surface area contributed by atoms with Gasteiger partial charge in [-0.05, 0) is 44.0 Å². The maximum atomic E-state index is 12.0. The Morgan fingerprint density at radius 1 is 1.53 bits per heavy atom. The summed E-state index contributed by atoms with van der Waals surface area (Å²) in [6.45, 7) is 3.12. The fourth-order valence-corrected chi connectivity index (χ4v) is 2.30. The standard InChI is InChI=1S/C13H19N3O/c14-8-11-4-3-7-16(9-11)10-13(17)12-5-1-2-6-15-12/h1-2,5-6,11H,3-4,7-10,14H2. The summed E-state index contributed by atoms with van der Waals surface area (Å²) in [5.74, 6) is 0.642. The van der Waals surface area contributed by atoms with Crippen molar-refractivity contribution in [1.29, 1.82) is 0 Å². The van der Waals surface area contributed by atoms with Crippen molar-refractivity contribution >= 4 is 5.78 Å². The molecule has 0 aliphatic carbocycles. The Balaban J connectivity index is 1.90. The van der Waals surface area contributed by atoms with Crippen molar-refractivity contribution in [3.05, 3.63) is 30.1 Å². The lowest BCUT2D eigenvalue weighted by Gasteiger charge is -2.31. The van der Waals surface area contributed by atoms with Crippen LogP contribution in [0.1, 0.15) is 23.3 Å². The topological polar surface area (TPSA) is 59.2 Å². The van der Waals surface area contributed by atoms with Gasteiger partial charge in [-0.2, -0.15) is 0 Å². The van der Waals surface area contributed by atoms with Gasteiger partial charge >= 0.3 is 0 Å². The van der Waals surface area contributed by atoms with Gasteiger partial charge in [0.25, 0.3) is 0 Å². The summed E-state index contributed by atoms with van der Waals surface area (Å²) in [5, 5.41) is 0. The van der Waals surface area contributed by atoms with Crippen molar-refractivity contribution in [1.82, 2.24) is 9.88 Å². The van der Waals surface area contributed by atoms with Gasteiger partial charge < -0.3 is 5.73 Å². The number of nitrogens with two attached hydrogens (primary N) is 1. The van der Waals surface area contributed by atoms with Crippen molar-refractivity contribution in [2.75, 3.05) is 26.2 Å². The van der Waals surface area contributed by atoms with E-state index >= 15 is 0 Å². The van der Waals surface area contributed by atoms with E-state index in [1.54, 1.807) is 12.3 Å². The van der Waals surface area contributed by atoms with Gasteiger partial charge in [0.05, 0.1) is 6.54 Å². The van der Waals surface area contributed by atoms with Crippen LogP contribution in [0.25, 0.3) is 0 Å². The summed E-state index contributed by atoms with van der Waals surface area (Å²) in [6, 6.07) is 5.44. The zero-order valence-corrected chi connectivity index (χ0v) is 10.0. The quantitative estimate of drug-likeness (QED) is 0.786. The average molecular weight is 233 g/mol. The number of nitrogens with zero attached hydrogens (tertiary/aromatic N) is 2. The highest BCUT2D eigenvalue weighted by molar-refractivity contribution is 5.95. The molecule has 92 valence electrons. The molecule has 1 saturated heterocycles. The molecule has 2 N–H and O–H groups in total. The number of likely N-dealkylation sites (tertiary alicyclic amines) is 1. The molecule has 4 nitrogen and oxygen atoms in total. The van der Waals surface area contributed by atoms with E-state index in [4.69, 9.17) is 5.73 Å². The average Bonchev–Trinajstić information content (AvgIpc) is 2.40. The molecular formula is C13H19N3O. The summed E-state index contributed by atoms with van der Waals surface area (Å²) >= 11 is 0. The summed E-state index contributed by atoms with van der Waals surface area (Å²) in [4.78, 5) is 18.2. The molecule has 2 heterocycles. The molecule has 17 heavy (non-hydrogen) atoms. The first-order chi connectivity index (χ1) is 8.29. The minimum absolute atomic E-state index is 0.100. The van der Waals surface area contributed by atoms with E-state index in [2.05, 4.69) is 9.88 Å². The maximum absolute atomic E-state index is 12.0. The number of ketones is 1. The zero-order chi connectivity index (χ0) is 12.1. The van der Waals surface area contributed by atoms with Gasteiger partial charge in [-0.1, -0.05) is 6.07 Å². The molecule has 1 aliphatic rings. The van der Waals surface area contributed by atoms with Gasteiger partial charge in [0.15, 0.2) is 5.78 Å². The predicted molar refractivity (Wildman–Crippen MR) is 66.8 cm³/mol. The highest BCUT2D eigenvalue weighted by atomic mass is 16.1. The van der Waals surface area contributed by atoms with E-state index in [9.17, 15) is 4.79 Å². The first-order valence-corrected chi connectivity index (χ1v) is 6.16. The van der Waals surface area contributed by atoms with E-state index < -0.39 is 0 Å². The molecule has 0 aromatic carbocycles. The van der Waals surface area contributed by atoms with E-state index in [1.807, 2.05) is 12.1 Å². The molecule has 0 amide bonds. The molecule has 2 rings (SSSR count). The van der Waals surface area contributed by atoms with Gasteiger partial charge in [0.2, 0.25) is 0 Å². The van der Waals surface area contributed by atoms with Crippen LogP contribution < -0.4 is 5.73 Å². The van der Waals surface area contributed by atoms with Crippen LogP contribution in [0.2, 0.25) is 0 Å². The largest absolute Gasteiger partial charge is 0.330 e. The Kier molecular flexibility index (Phi) is 4.23. The van der Waals surface area contributed by atoms with Crippen LogP contribution in [0.4, 0.5) is 0 Å². The van der Waals surface area contributed by atoms with Gasteiger partial charge in [-0.3, -0.25) is 14.7 Å². The molecule has 1 aliphatic heterocycles. The molecule has 1 aromatic heterocycles. The molecular weight excluding hydrogens is 214 g/mol. The van der Waals surface area contributed by atoms with E-state index in [0.29, 0.717) is 24.7 Å². The van der Waals surface area contributed by atoms with Crippen LogP contribution >= 0.6 is 0 Å². The molecule has 0 radical (unpaired) electrons. The minimum Gasteiger partial charge on any atom is -0.330 e. The number of hydrogen-bond donors (Lipinski definition) is 1. The number of carbonyl (C=O) groups excluding carboxylic acids is 1. The summed E-state index contributed by atoms with van der Waals surface area (Å²) in [6.07, 6.45) is 3.98. The van der Waals surface area contributed by atoms with E-state index in [-0.39, 0.29) is 5.78 Å². The van der Waals surface area contributed by atoms with Gasteiger partial charge in [-0.15, -0.1) is 0 Å². The first kappa shape index (κ1) is 12.2. The highest BCUT2D eigenvalue weighted by Crippen LogP contribution is 2.15. The van der Waals surface area contributed by atoms with Crippen molar-refractivity contribution in [3.8, 4) is 0 Å². The Labute approximate surface area is 102 Å². The summed E-state index contributed by atoms with van der Waals surface area (Å²) in [7, 11) is 0. The molecule has 4 heteroatoms. The molecule has 1 aromatic rings. The fraction of sp³-hybridized carbons (Fsp3) is 0.538. The van der Waals surface area contributed by atoms with Crippen LogP contribution in [0.5, 0.6) is 0 Å². The smallest absolute Gasteiger partial charge is 0.195 e. The molecule has 1 atom stereocenters. The van der Waals surface area contributed by atoms with E-state index in [0.717, 1.165) is 19.5 Å². The molecule has 0 bridgehead atoms. The third kappa shape index (κ3) is 3.35. The fourth-order valence-electron chi connectivity index (χ4n) is 2.30. The Morgan fingerprint density at radius 2 is 2.41 bits per heavy atom. The summed E-state index contributed by atoms with van der Waals surface area (Å²) in [5.41, 5.74) is 6.24. The van der Waals surface area contributed by atoms with Crippen molar-refractivity contribution in [3.63, 3.8) is 0 Å². The zero-order valence-electron chi connectivity index (χ0n) is 10.0. The third-order valence-electron chi connectivity index (χ3n) is 3.25. The second-order valence-corrected chi connectivity index (χ2v) is 4.62. The Bertz CT molecular complexity index is 366. The number of pyridine rings is 1. The van der Waals surface area contributed by atoms with Gasteiger partial charge in [0, 0.05) is 12.7 Å².